The molecule has 3 aliphatic rings. The van der Waals surface area contributed by atoms with Crippen molar-refractivity contribution < 1.29 is 0 Å². The third-order valence-electron chi connectivity index (χ3n) is 8.58. The summed E-state index contributed by atoms with van der Waals surface area (Å²) in [6.07, 6.45) is 10.5. The van der Waals surface area contributed by atoms with Crippen LogP contribution in [-0.4, -0.2) is 56.4 Å². The van der Waals surface area contributed by atoms with Gasteiger partial charge in [-0.3, -0.25) is 9.80 Å². The third kappa shape index (κ3) is 4.27. The minimum Gasteiger partial charge on any atom is -0.341 e. The molecule has 4 heterocycles. The molecule has 6 heteroatoms. The van der Waals surface area contributed by atoms with Crippen molar-refractivity contribution in [1.29, 1.82) is 0 Å². The number of benzene rings is 1. The quantitative estimate of drug-likeness (QED) is 0.568. The molecule has 6 rings (SSSR count). The fourth-order valence-electron chi connectivity index (χ4n) is 6.35. The van der Waals surface area contributed by atoms with Crippen LogP contribution in [0, 0.1) is 5.92 Å². The number of allylic oxidation sites excluding steroid dienone is 2. The van der Waals surface area contributed by atoms with Crippen LogP contribution in [0.15, 0.2) is 29.8 Å². The van der Waals surface area contributed by atoms with E-state index >= 15 is 0 Å². The molecule has 0 spiro atoms. The first-order valence-electron chi connectivity index (χ1n) is 13.4. The molecule has 6 nitrogen and oxygen atoms in total. The molecule has 3 fully saturated rings. The predicted octanol–water partition coefficient (Wildman–Crippen LogP) is 4.15. The smallest absolute Gasteiger partial charge is 0.124 e. The van der Waals surface area contributed by atoms with Crippen LogP contribution in [0.4, 0.5) is 0 Å². The Morgan fingerprint density at radius 3 is 2.71 bits per heavy atom. The van der Waals surface area contributed by atoms with Gasteiger partial charge in [0.2, 0.25) is 0 Å². The van der Waals surface area contributed by atoms with E-state index in [1.165, 1.54) is 55.3 Å². The molecule has 184 valence electrons. The van der Waals surface area contributed by atoms with Crippen molar-refractivity contribution in [3.05, 3.63) is 57.8 Å². The minimum absolute atomic E-state index is 0.396. The summed E-state index contributed by atoms with van der Waals surface area (Å²) in [7, 11) is 2.18. The van der Waals surface area contributed by atoms with Crippen LogP contribution in [0.2, 0.25) is 0 Å². The van der Waals surface area contributed by atoms with Gasteiger partial charge in [0.1, 0.15) is 11.6 Å². The average Bonchev–Trinajstić information content (AvgIpc) is 3.24. The van der Waals surface area contributed by atoms with Crippen molar-refractivity contribution in [2.75, 3.05) is 26.7 Å². The molecular formula is C29H38N6. The molecule has 0 amide bonds. The minimum atomic E-state index is 0.396. The van der Waals surface area contributed by atoms with Gasteiger partial charge in [0.05, 0.1) is 33.8 Å². The lowest BCUT2D eigenvalue weighted by Gasteiger charge is -2.20. The summed E-state index contributed by atoms with van der Waals surface area (Å²) in [5.41, 5.74) is 5.12. The van der Waals surface area contributed by atoms with E-state index in [1.54, 1.807) is 0 Å². The van der Waals surface area contributed by atoms with E-state index in [0.717, 1.165) is 41.0 Å². The van der Waals surface area contributed by atoms with Gasteiger partial charge in [0.15, 0.2) is 0 Å². The zero-order valence-electron chi connectivity index (χ0n) is 21.3. The maximum Gasteiger partial charge on any atom is 0.124 e. The summed E-state index contributed by atoms with van der Waals surface area (Å²) < 4.78 is 0. The topological polar surface area (TPSA) is 63.8 Å². The summed E-state index contributed by atoms with van der Waals surface area (Å²) in [6, 6.07) is 7.67. The molecule has 3 aromatic rings. The second kappa shape index (κ2) is 9.07. The maximum atomic E-state index is 4.94. The van der Waals surface area contributed by atoms with Crippen LogP contribution in [0.1, 0.15) is 81.2 Å². The van der Waals surface area contributed by atoms with E-state index < -0.39 is 0 Å². The Hall–Kier alpha value is -2.70. The number of H-pyrrole nitrogens is 2. The largest absolute Gasteiger partial charge is 0.341 e. The van der Waals surface area contributed by atoms with Gasteiger partial charge in [-0.2, -0.15) is 0 Å². The first-order chi connectivity index (χ1) is 17.0. The van der Waals surface area contributed by atoms with E-state index in [1.807, 2.05) is 0 Å². The van der Waals surface area contributed by atoms with Crippen molar-refractivity contribution in [2.45, 2.75) is 64.0 Å². The summed E-state index contributed by atoms with van der Waals surface area (Å²) in [4.78, 5) is 21.8. The molecule has 2 saturated heterocycles. The van der Waals surface area contributed by atoms with E-state index in [0.29, 0.717) is 23.9 Å². The monoisotopic (exact) mass is 470 g/mol. The van der Waals surface area contributed by atoms with E-state index in [-0.39, 0.29) is 0 Å². The first kappa shape index (κ1) is 22.7. The van der Waals surface area contributed by atoms with Crippen molar-refractivity contribution >= 4 is 23.7 Å². The van der Waals surface area contributed by atoms with Crippen LogP contribution in [0.5, 0.6) is 0 Å². The second-order valence-corrected chi connectivity index (χ2v) is 10.8. The lowest BCUT2D eigenvalue weighted by molar-refractivity contribution is 0.263. The highest BCUT2D eigenvalue weighted by Gasteiger charge is 2.39. The van der Waals surface area contributed by atoms with Gasteiger partial charge in [0.25, 0.3) is 0 Å². The highest BCUT2D eigenvalue weighted by Crippen LogP contribution is 2.52. The molecule has 2 aliphatic heterocycles. The summed E-state index contributed by atoms with van der Waals surface area (Å²) >= 11 is 0. The first-order valence-corrected chi connectivity index (χ1v) is 13.4. The number of nitrogens with zero attached hydrogens (tertiary/aromatic N) is 4. The van der Waals surface area contributed by atoms with Gasteiger partial charge >= 0.3 is 0 Å². The van der Waals surface area contributed by atoms with Crippen molar-refractivity contribution in [3.8, 4) is 0 Å². The fourth-order valence-corrected chi connectivity index (χ4v) is 6.35. The number of imidazole rings is 2. The van der Waals surface area contributed by atoms with Crippen LogP contribution < -0.4 is 10.7 Å². The lowest BCUT2D eigenvalue weighted by atomic mass is 10.0. The van der Waals surface area contributed by atoms with E-state index in [4.69, 9.17) is 9.97 Å². The second-order valence-electron chi connectivity index (χ2n) is 10.8. The van der Waals surface area contributed by atoms with Crippen LogP contribution in [0.25, 0.3) is 23.7 Å². The Kier molecular flexibility index (Phi) is 5.89. The molecule has 2 N–H and O–H groups in total. The zero-order chi connectivity index (χ0) is 24.1. The number of rotatable bonds is 6. The molecule has 1 aromatic carbocycles. The highest BCUT2D eigenvalue weighted by molar-refractivity contribution is 5.76. The summed E-state index contributed by atoms with van der Waals surface area (Å²) in [6.45, 7) is 12.1. The predicted molar refractivity (Wildman–Crippen MR) is 142 cm³/mol. The molecule has 0 radical (unpaired) electrons. The normalized spacial score (nSPS) is 28.5. The van der Waals surface area contributed by atoms with Crippen LogP contribution >= 0.6 is 0 Å². The number of hydrogen-bond acceptors (Lipinski definition) is 4. The number of aromatic nitrogens is 4. The summed E-state index contributed by atoms with van der Waals surface area (Å²) in [5.74, 6) is 3.39. The van der Waals surface area contributed by atoms with Crippen LogP contribution in [-0.2, 0) is 0 Å². The number of aromatic amines is 2. The van der Waals surface area contributed by atoms with Crippen molar-refractivity contribution in [1.82, 2.24) is 29.7 Å². The highest BCUT2D eigenvalue weighted by atomic mass is 15.2. The standard InChI is InChI=1S/C29H38N6/c1-5-35-15-7-9-27(35)29-32-24-13-11-20(16-25(24)33-29)22-17-21(22)18(2)10-12-23-19(3)30-28(31-23)26-8-6-14-34(26)4/h10-13,16,21-22,26-27H,3,5-9,14-15,17H2,1-2,4H3,(H,30,31)(H,32,33). The van der Waals surface area contributed by atoms with Crippen molar-refractivity contribution in [2.24, 2.45) is 5.92 Å². The van der Waals surface area contributed by atoms with E-state index in [9.17, 15) is 0 Å². The summed E-state index contributed by atoms with van der Waals surface area (Å²) in [5, 5.41) is 1.89. The molecule has 1 saturated carbocycles. The van der Waals surface area contributed by atoms with Gasteiger partial charge in [-0.15, -0.1) is 0 Å². The van der Waals surface area contributed by atoms with Gasteiger partial charge in [0, 0.05) is 0 Å². The molecule has 1 aliphatic carbocycles. The van der Waals surface area contributed by atoms with Crippen LogP contribution in [0.3, 0.4) is 0 Å². The number of fused-ring (bicyclic) bond motifs is 1. The van der Waals surface area contributed by atoms with Gasteiger partial charge in [-0.05, 0) is 101 Å². The van der Waals surface area contributed by atoms with Gasteiger partial charge < -0.3 is 9.97 Å². The zero-order valence-corrected chi connectivity index (χ0v) is 21.3. The Morgan fingerprint density at radius 2 is 1.91 bits per heavy atom. The maximum absolute atomic E-state index is 4.94. The lowest BCUT2D eigenvalue weighted by Crippen LogP contribution is -2.23. The van der Waals surface area contributed by atoms with Gasteiger partial charge in [-0.25, -0.2) is 9.97 Å². The Balaban J connectivity index is 1.17. The molecule has 2 aromatic heterocycles. The third-order valence-corrected chi connectivity index (χ3v) is 8.58. The number of nitrogens with one attached hydrogen (secondary N) is 2. The SMILES string of the molecule is C=c1[nH]c(C2CCCN2C)nc1=CC=C(C)C1CC1c1ccc2nc(C3CCCN3CC)[nH]c2c1. The number of hydrogen-bond donors (Lipinski definition) is 2. The molecule has 0 bridgehead atoms. The Bertz CT molecular complexity index is 1360. The Morgan fingerprint density at radius 1 is 1.11 bits per heavy atom. The van der Waals surface area contributed by atoms with Crippen molar-refractivity contribution in [3.63, 3.8) is 0 Å². The molecule has 4 atom stereocenters. The van der Waals surface area contributed by atoms with E-state index in [2.05, 4.69) is 77.6 Å². The number of likely N-dealkylation sites (tertiary alicyclic amines) is 2. The Labute approximate surface area is 207 Å². The van der Waals surface area contributed by atoms with Gasteiger partial charge in [-0.1, -0.05) is 31.2 Å². The molecular weight excluding hydrogens is 432 g/mol. The molecule has 35 heavy (non-hydrogen) atoms. The fraction of sp³-hybridized carbons (Fsp3) is 0.517. The molecule has 4 unspecified atom stereocenters. The average molecular weight is 471 g/mol.